The molecule has 4 nitrogen and oxygen atoms in total. The van der Waals surface area contributed by atoms with Gasteiger partial charge in [0.25, 0.3) is 0 Å². The van der Waals surface area contributed by atoms with E-state index in [1.807, 2.05) is 7.05 Å². The monoisotopic (exact) mass is 406 g/mol. The van der Waals surface area contributed by atoms with Crippen LogP contribution >= 0.6 is 24.0 Å². The van der Waals surface area contributed by atoms with E-state index >= 15 is 0 Å². The third-order valence-electron chi connectivity index (χ3n) is 5.58. The van der Waals surface area contributed by atoms with Crippen molar-refractivity contribution >= 4 is 29.9 Å². The van der Waals surface area contributed by atoms with E-state index in [2.05, 4.69) is 27.4 Å². The van der Waals surface area contributed by atoms with Gasteiger partial charge in [-0.1, -0.05) is 6.92 Å². The molecule has 0 amide bonds. The van der Waals surface area contributed by atoms with Gasteiger partial charge >= 0.3 is 0 Å². The molecule has 3 rings (SSSR count). The molecule has 2 saturated carbocycles. The Hall–Kier alpha value is -0.0400. The van der Waals surface area contributed by atoms with Crippen LogP contribution in [0.5, 0.6) is 0 Å². The van der Waals surface area contributed by atoms with Crippen molar-refractivity contribution in [3.63, 3.8) is 0 Å². The van der Waals surface area contributed by atoms with Crippen molar-refractivity contribution in [2.75, 3.05) is 33.2 Å². The van der Waals surface area contributed by atoms with Crippen LogP contribution in [0.15, 0.2) is 4.99 Å². The molecule has 0 bridgehead atoms. The topological polar surface area (TPSA) is 39.7 Å². The van der Waals surface area contributed by atoms with Gasteiger partial charge in [-0.05, 0) is 62.9 Å². The molecule has 1 unspecified atom stereocenters. The van der Waals surface area contributed by atoms with Crippen LogP contribution in [0.25, 0.3) is 0 Å². The summed E-state index contributed by atoms with van der Waals surface area (Å²) in [5.41, 5.74) is 0.639. The van der Waals surface area contributed by atoms with Gasteiger partial charge in [-0.3, -0.25) is 9.89 Å². The molecule has 0 aromatic heterocycles. The van der Waals surface area contributed by atoms with Gasteiger partial charge in [-0.2, -0.15) is 0 Å². The Morgan fingerprint density at radius 3 is 2.57 bits per heavy atom. The molecule has 1 atom stereocenters. The van der Waals surface area contributed by atoms with Gasteiger partial charge in [-0.25, -0.2) is 0 Å². The second-order valence-corrected chi connectivity index (χ2v) is 6.87. The fraction of sp³-hybridized carbons (Fsp3) is 0.938. The van der Waals surface area contributed by atoms with E-state index in [0.717, 1.165) is 25.0 Å². The summed E-state index contributed by atoms with van der Waals surface area (Å²) >= 11 is 0. The lowest BCUT2D eigenvalue weighted by atomic mass is 10.0. The normalized spacial score (nSPS) is 28.1. The lowest BCUT2D eigenvalue weighted by Crippen LogP contribution is -2.46. The van der Waals surface area contributed by atoms with Crippen molar-refractivity contribution in [1.29, 1.82) is 0 Å². The molecule has 0 spiro atoms. The highest BCUT2D eigenvalue weighted by atomic mass is 127. The number of nitrogens with one attached hydrogen (secondary N) is 2. The van der Waals surface area contributed by atoms with Crippen LogP contribution in [0.4, 0.5) is 0 Å². The highest BCUT2D eigenvalue weighted by Gasteiger charge is 2.53. The van der Waals surface area contributed by atoms with Crippen LogP contribution in [0.2, 0.25) is 0 Å². The summed E-state index contributed by atoms with van der Waals surface area (Å²) in [6, 6.07) is 0.692. The first-order valence-corrected chi connectivity index (χ1v) is 8.46. The van der Waals surface area contributed by atoms with Gasteiger partial charge in [0.2, 0.25) is 0 Å². The Labute approximate surface area is 146 Å². The first kappa shape index (κ1) is 17.3. The average Bonchev–Trinajstić information content (AvgIpc) is 3.37. The maximum absolute atomic E-state index is 4.39. The number of likely N-dealkylation sites (N-methyl/N-ethyl adjacent to an activating group) is 1. The summed E-state index contributed by atoms with van der Waals surface area (Å²) in [7, 11) is 1.89. The highest BCUT2D eigenvalue weighted by Crippen LogP contribution is 2.60. The van der Waals surface area contributed by atoms with Crippen LogP contribution in [0, 0.1) is 11.3 Å². The van der Waals surface area contributed by atoms with E-state index in [0.29, 0.717) is 11.5 Å². The Bertz CT molecular complexity index is 363. The molecule has 1 aliphatic heterocycles. The summed E-state index contributed by atoms with van der Waals surface area (Å²) in [4.78, 5) is 6.96. The molecule has 0 aromatic carbocycles. The molecule has 1 saturated heterocycles. The Morgan fingerprint density at radius 1 is 1.24 bits per heavy atom. The summed E-state index contributed by atoms with van der Waals surface area (Å²) in [6.45, 7) is 6.85. The fourth-order valence-corrected chi connectivity index (χ4v) is 3.82. The van der Waals surface area contributed by atoms with Crippen LogP contribution in [0.3, 0.4) is 0 Å². The summed E-state index contributed by atoms with van der Waals surface area (Å²) < 4.78 is 0. The average molecular weight is 406 g/mol. The van der Waals surface area contributed by atoms with E-state index in [1.165, 1.54) is 51.6 Å². The van der Waals surface area contributed by atoms with Crippen molar-refractivity contribution in [1.82, 2.24) is 15.5 Å². The fourth-order valence-electron chi connectivity index (χ4n) is 3.82. The minimum Gasteiger partial charge on any atom is -0.356 e. The molecule has 1 heterocycles. The second kappa shape index (κ2) is 7.49. The zero-order valence-electron chi connectivity index (χ0n) is 13.5. The van der Waals surface area contributed by atoms with Gasteiger partial charge < -0.3 is 10.6 Å². The SMILES string of the molecule is CCN1CCCC1CNC(=NC)NCC1(C2CC2)CC1.I. The van der Waals surface area contributed by atoms with Crippen LogP contribution in [0.1, 0.15) is 45.4 Å². The van der Waals surface area contributed by atoms with E-state index in [1.54, 1.807) is 0 Å². The van der Waals surface area contributed by atoms with Crippen LogP contribution < -0.4 is 10.6 Å². The van der Waals surface area contributed by atoms with Crippen molar-refractivity contribution in [3.8, 4) is 0 Å². The summed E-state index contributed by atoms with van der Waals surface area (Å²) in [6.07, 6.45) is 8.44. The van der Waals surface area contributed by atoms with Gasteiger partial charge in [0, 0.05) is 26.2 Å². The van der Waals surface area contributed by atoms with Crippen molar-refractivity contribution < 1.29 is 0 Å². The number of aliphatic imine (C=N–C) groups is 1. The van der Waals surface area contributed by atoms with E-state index < -0.39 is 0 Å². The van der Waals surface area contributed by atoms with Gasteiger partial charge in [0.05, 0.1) is 0 Å². The van der Waals surface area contributed by atoms with Crippen molar-refractivity contribution in [3.05, 3.63) is 0 Å². The first-order chi connectivity index (χ1) is 9.77. The smallest absolute Gasteiger partial charge is 0.191 e. The van der Waals surface area contributed by atoms with Crippen LogP contribution in [-0.4, -0.2) is 50.1 Å². The Kier molecular flexibility index (Phi) is 6.17. The van der Waals surface area contributed by atoms with Gasteiger partial charge in [-0.15, -0.1) is 24.0 Å². The van der Waals surface area contributed by atoms with Crippen LogP contribution in [-0.2, 0) is 0 Å². The number of halogens is 1. The van der Waals surface area contributed by atoms with Crippen molar-refractivity contribution in [2.24, 2.45) is 16.3 Å². The molecule has 21 heavy (non-hydrogen) atoms. The number of hydrogen-bond acceptors (Lipinski definition) is 2. The predicted octanol–water partition coefficient (Wildman–Crippen LogP) is 2.44. The van der Waals surface area contributed by atoms with Gasteiger partial charge in [0.15, 0.2) is 5.96 Å². The quantitative estimate of drug-likeness (QED) is 0.405. The first-order valence-electron chi connectivity index (χ1n) is 8.46. The van der Waals surface area contributed by atoms with E-state index in [-0.39, 0.29) is 24.0 Å². The molecule has 2 N–H and O–H groups in total. The largest absolute Gasteiger partial charge is 0.356 e. The standard InChI is InChI=1S/C16H30N4.HI/c1-3-20-10-4-5-14(20)11-18-15(17-2)19-12-16(8-9-16)13-6-7-13;/h13-14H,3-12H2,1-2H3,(H2,17,18,19);1H. The highest BCUT2D eigenvalue weighted by molar-refractivity contribution is 14.0. The molecule has 3 aliphatic rings. The molecule has 5 heteroatoms. The molecule has 0 aromatic rings. The maximum atomic E-state index is 4.39. The molecule has 2 aliphatic carbocycles. The lowest BCUT2D eigenvalue weighted by molar-refractivity contribution is 0.266. The zero-order valence-corrected chi connectivity index (χ0v) is 15.9. The molecular formula is C16H31IN4. The third-order valence-corrected chi connectivity index (χ3v) is 5.58. The minimum atomic E-state index is 0. The number of hydrogen-bond donors (Lipinski definition) is 2. The second-order valence-electron chi connectivity index (χ2n) is 6.87. The van der Waals surface area contributed by atoms with Crippen molar-refractivity contribution in [2.45, 2.75) is 51.5 Å². The summed E-state index contributed by atoms with van der Waals surface area (Å²) in [5, 5.41) is 7.10. The number of nitrogens with zero attached hydrogens (tertiary/aromatic N) is 2. The maximum Gasteiger partial charge on any atom is 0.191 e. The van der Waals surface area contributed by atoms with Gasteiger partial charge in [0.1, 0.15) is 0 Å². The molecule has 122 valence electrons. The molecule has 3 fully saturated rings. The third kappa shape index (κ3) is 4.24. The Morgan fingerprint density at radius 2 is 2.00 bits per heavy atom. The molecule has 0 radical (unpaired) electrons. The van der Waals surface area contributed by atoms with E-state index in [9.17, 15) is 0 Å². The summed E-state index contributed by atoms with van der Waals surface area (Å²) in [5.74, 6) is 2.01. The zero-order chi connectivity index (χ0) is 14.0. The Balaban J connectivity index is 0.00000161. The molecular weight excluding hydrogens is 375 g/mol. The number of likely N-dealkylation sites (tertiary alicyclic amines) is 1. The number of guanidine groups is 1. The number of rotatable bonds is 6. The van der Waals surface area contributed by atoms with E-state index in [4.69, 9.17) is 0 Å². The minimum absolute atomic E-state index is 0. The lowest BCUT2D eigenvalue weighted by Gasteiger charge is -2.24. The predicted molar refractivity (Wildman–Crippen MR) is 99.4 cm³/mol.